The topological polar surface area (TPSA) is 56.0 Å². The molecule has 164 valence electrons. The lowest BCUT2D eigenvalue weighted by atomic mass is 9.97. The van der Waals surface area contributed by atoms with Gasteiger partial charge in [-0.25, -0.2) is 0 Å². The number of alkyl halides is 3. The fourth-order valence-corrected chi connectivity index (χ4v) is 4.37. The van der Waals surface area contributed by atoms with Crippen LogP contribution >= 0.6 is 0 Å². The fraction of sp³-hybridized carbons (Fsp3) is 0.261. The predicted molar refractivity (Wildman–Crippen MR) is 115 cm³/mol. The van der Waals surface area contributed by atoms with E-state index in [-0.39, 0.29) is 11.9 Å². The number of carbonyl (C=O) groups excluding carboxylic acids is 1. The van der Waals surface area contributed by atoms with Gasteiger partial charge < -0.3 is 4.90 Å². The van der Waals surface area contributed by atoms with E-state index in [1.807, 2.05) is 33.0 Å². The number of hydrogen-bond acceptors (Lipinski definition) is 3. The second-order valence-electron chi connectivity index (χ2n) is 8.10. The van der Waals surface area contributed by atoms with Crippen molar-refractivity contribution in [3.05, 3.63) is 65.6 Å². The lowest BCUT2D eigenvalue weighted by molar-refractivity contribution is -0.137. The molecule has 0 saturated carbocycles. The van der Waals surface area contributed by atoms with Crippen molar-refractivity contribution in [2.24, 2.45) is 7.05 Å². The third kappa shape index (κ3) is 2.99. The molecule has 2 aromatic carbocycles. The lowest BCUT2D eigenvalue weighted by Gasteiger charge is -2.32. The Hall–Kier alpha value is -3.62. The first kappa shape index (κ1) is 20.3. The first-order valence-electron chi connectivity index (χ1n) is 10.1. The summed E-state index contributed by atoms with van der Waals surface area (Å²) < 4.78 is 42.3. The smallest absolute Gasteiger partial charge is 0.305 e. The van der Waals surface area contributed by atoms with Crippen LogP contribution in [0.5, 0.6) is 0 Å². The highest BCUT2D eigenvalue weighted by molar-refractivity contribution is 6.10. The second-order valence-corrected chi connectivity index (χ2v) is 8.10. The van der Waals surface area contributed by atoms with Crippen LogP contribution in [-0.4, -0.2) is 32.0 Å². The summed E-state index contributed by atoms with van der Waals surface area (Å²) in [7, 11) is 1.87. The maximum absolute atomic E-state index is 13.5. The zero-order valence-corrected chi connectivity index (χ0v) is 17.7. The molecule has 0 fully saturated rings. The number of hydrogen-bond donors (Lipinski definition) is 0. The molecule has 0 bridgehead atoms. The Morgan fingerprint density at radius 3 is 2.41 bits per heavy atom. The molecule has 0 spiro atoms. The zero-order valence-electron chi connectivity index (χ0n) is 17.7. The molecule has 0 saturated heterocycles. The van der Waals surface area contributed by atoms with Crippen molar-refractivity contribution in [2.75, 3.05) is 11.4 Å². The van der Waals surface area contributed by atoms with Crippen molar-refractivity contribution in [1.82, 2.24) is 19.6 Å². The molecule has 1 atom stereocenters. The van der Waals surface area contributed by atoms with Gasteiger partial charge in [-0.05, 0) is 55.3 Å². The third-order valence-electron chi connectivity index (χ3n) is 6.10. The number of benzene rings is 2. The number of carbonyl (C=O) groups is 1. The van der Waals surface area contributed by atoms with Crippen molar-refractivity contribution < 1.29 is 18.0 Å². The molecule has 1 aliphatic heterocycles. The van der Waals surface area contributed by atoms with Crippen LogP contribution in [0.2, 0.25) is 0 Å². The summed E-state index contributed by atoms with van der Waals surface area (Å²) in [5, 5.41) is 9.76. The largest absolute Gasteiger partial charge is 0.416 e. The average Bonchev–Trinajstić information content (AvgIpc) is 3.36. The predicted octanol–water partition coefficient (Wildman–Crippen LogP) is 4.99. The maximum Gasteiger partial charge on any atom is 0.416 e. The minimum Gasteiger partial charge on any atom is -0.305 e. The third-order valence-corrected chi connectivity index (χ3v) is 6.10. The number of aromatic nitrogens is 4. The molecule has 3 heterocycles. The number of anilines is 1. The molecule has 0 aliphatic carbocycles. The molecule has 4 aromatic rings. The van der Waals surface area contributed by atoms with Crippen LogP contribution in [0.3, 0.4) is 0 Å². The quantitative estimate of drug-likeness (QED) is 0.442. The Balaban J connectivity index is 1.59. The molecular formula is C23H20F3N5O. The van der Waals surface area contributed by atoms with E-state index < -0.39 is 11.7 Å². The number of aryl methyl sites for hydroxylation is 2. The molecule has 2 aromatic heterocycles. The van der Waals surface area contributed by atoms with Crippen LogP contribution < -0.4 is 4.90 Å². The van der Waals surface area contributed by atoms with E-state index in [0.717, 1.165) is 34.2 Å². The Labute approximate surface area is 181 Å². The summed E-state index contributed by atoms with van der Waals surface area (Å²) in [4.78, 5) is 15.0. The van der Waals surface area contributed by atoms with Crippen molar-refractivity contribution in [3.63, 3.8) is 0 Å². The monoisotopic (exact) mass is 439 g/mol. The van der Waals surface area contributed by atoms with Crippen LogP contribution in [0.4, 0.5) is 18.9 Å². The summed E-state index contributed by atoms with van der Waals surface area (Å²) in [6.45, 7) is 4.23. The SMILES string of the molecule is Cc1c(-c2cnn3c2C(=O)N(c2ccc(C(F)(F)F)cc2)C[C@@H]3C)ccc2c1cnn2C. The van der Waals surface area contributed by atoms with E-state index >= 15 is 0 Å². The van der Waals surface area contributed by atoms with Crippen molar-refractivity contribution in [2.45, 2.75) is 26.1 Å². The van der Waals surface area contributed by atoms with E-state index in [1.165, 1.54) is 17.0 Å². The lowest BCUT2D eigenvalue weighted by Crippen LogP contribution is -2.42. The van der Waals surface area contributed by atoms with Gasteiger partial charge in [0.1, 0.15) is 5.69 Å². The Morgan fingerprint density at radius 2 is 1.72 bits per heavy atom. The van der Waals surface area contributed by atoms with E-state index in [2.05, 4.69) is 10.2 Å². The van der Waals surface area contributed by atoms with Crippen molar-refractivity contribution in [3.8, 4) is 11.1 Å². The molecule has 0 radical (unpaired) electrons. The van der Waals surface area contributed by atoms with Gasteiger partial charge in [-0.1, -0.05) is 6.07 Å². The van der Waals surface area contributed by atoms with E-state index in [4.69, 9.17) is 0 Å². The Bertz CT molecular complexity index is 1350. The summed E-state index contributed by atoms with van der Waals surface area (Å²) in [6.07, 6.45) is -0.945. The number of fused-ring (bicyclic) bond motifs is 2. The van der Waals surface area contributed by atoms with E-state index in [0.29, 0.717) is 23.5 Å². The standard InChI is InChI=1S/C23H20F3N5O/c1-13-12-30(16-6-4-15(5-7-16)23(24,25)26)22(32)21-19(11-28-31(13)21)17-8-9-20-18(14(17)2)10-27-29(20)3/h4-11,13H,12H2,1-3H3/t13-/m0/s1. The highest BCUT2D eigenvalue weighted by atomic mass is 19.4. The number of amides is 1. The summed E-state index contributed by atoms with van der Waals surface area (Å²) in [5.41, 5.74) is 3.65. The minimum absolute atomic E-state index is 0.138. The van der Waals surface area contributed by atoms with Crippen molar-refractivity contribution >= 4 is 22.5 Å². The van der Waals surface area contributed by atoms with Gasteiger partial charge in [-0.3, -0.25) is 14.2 Å². The molecule has 6 nitrogen and oxygen atoms in total. The van der Waals surface area contributed by atoms with Gasteiger partial charge in [-0.2, -0.15) is 23.4 Å². The normalized spacial score (nSPS) is 16.6. The highest BCUT2D eigenvalue weighted by Crippen LogP contribution is 2.37. The van der Waals surface area contributed by atoms with Gasteiger partial charge >= 0.3 is 6.18 Å². The van der Waals surface area contributed by atoms with Crippen LogP contribution in [-0.2, 0) is 13.2 Å². The van der Waals surface area contributed by atoms with Gasteiger partial charge in [0.15, 0.2) is 0 Å². The highest BCUT2D eigenvalue weighted by Gasteiger charge is 2.35. The average molecular weight is 439 g/mol. The molecule has 5 rings (SSSR count). The van der Waals surface area contributed by atoms with Crippen LogP contribution in [0.15, 0.2) is 48.8 Å². The molecule has 32 heavy (non-hydrogen) atoms. The van der Waals surface area contributed by atoms with Gasteiger partial charge in [0, 0.05) is 30.2 Å². The summed E-state index contributed by atoms with van der Waals surface area (Å²) >= 11 is 0. The van der Waals surface area contributed by atoms with Crippen LogP contribution in [0.25, 0.3) is 22.0 Å². The van der Waals surface area contributed by atoms with Gasteiger partial charge in [-0.15, -0.1) is 0 Å². The fourth-order valence-electron chi connectivity index (χ4n) is 4.37. The first-order valence-corrected chi connectivity index (χ1v) is 10.1. The molecule has 0 N–H and O–H groups in total. The number of nitrogens with zero attached hydrogens (tertiary/aromatic N) is 5. The van der Waals surface area contributed by atoms with E-state index in [1.54, 1.807) is 21.8 Å². The summed E-state index contributed by atoms with van der Waals surface area (Å²) in [6, 6.07) is 8.45. The first-order chi connectivity index (χ1) is 15.2. The van der Waals surface area contributed by atoms with Crippen LogP contribution in [0.1, 0.15) is 34.6 Å². The minimum atomic E-state index is -4.42. The van der Waals surface area contributed by atoms with Gasteiger partial charge in [0.05, 0.1) is 29.5 Å². The second kappa shape index (κ2) is 6.94. The van der Waals surface area contributed by atoms with E-state index in [9.17, 15) is 18.0 Å². The van der Waals surface area contributed by atoms with Crippen molar-refractivity contribution in [1.29, 1.82) is 0 Å². The maximum atomic E-state index is 13.5. The Morgan fingerprint density at radius 1 is 1.00 bits per heavy atom. The number of halogens is 3. The molecule has 9 heteroatoms. The molecule has 1 amide bonds. The van der Waals surface area contributed by atoms with Crippen LogP contribution in [0, 0.1) is 6.92 Å². The summed E-state index contributed by atoms with van der Waals surface area (Å²) in [5.74, 6) is -0.291. The zero-order chi connectivity index (χ0) is 22.8. The molecule has 0 unspecified atom stereocenters. The Kier molecular flexibility index (Phi) is 4.40. The molecule has 1 aliphatic rings. The van der Waals surface area contributed by atoms with Gasteiger partial charge in [0.25, 0.3) is 5.91 Å². The number of rotatable bonds is 2. The van der Waals surface area contributed by atoms with Gasteiger partial charge in [0.2, 0.25) is 0 Å². The molecular weight excluding hydrogens is 419 g/mol.